The summed E-state index contributed by atoms with van der Waals surface area (Å²) in [6.07, 6.45) is 0. The molecule has 1 aromatic rings. The molecule has 1 rings (SSSR count). The first kappa shape index (κ1) is 13.3. The van der Waals surface area contributed by atoms with Gasteiger partial charge in [0.25, 0.3) is 0 Å². The molecule has 1 atom stereocenters. The SMILES string of the molecule is COCc1ccc(NCC(C)/C(N)=N/O)cc1. The Morgan fingerprint density at radius 3 is 2.65 bits per heavy atom. The van der Waals surface area contributed by atoms with Crippen molar-refractivity contribution < 1.29 is 9.94 Å². The number of methoxy groups -OCH3 is 1. The van der Waals surface area contributed by atoms with Crippen molar-refractivity contribution in [1.82, 2.24) is 0 Å². The van der Waals surface area contributed by atoms with Crippen molar-refractivity contribution >= 4 is 11.5 Å². The van der Waals surface area contributed by atoms with Gasteiger partial charge in [-0.3, -0.25) is 0 Å². The zero-order valence-corrected chi connectivity index (χ0v) is 10.2. The van der Waals surface area contributed by atoms with Gasteiger partial charge in [0, 0.05) is 25.3 Å². The summed E-state index contributed by atoms with van der Waals surface area (Å²) >= 11 is 0. The zero-order valence-electron chi connectivity index (χ0n) is 10.2. The third-order valence-corrected chi connectivity index (χ3v) is 2.50. The highest BCUT2D eigenvalue weighted by Gasteiger charge is 2.06. The fourth-order valence-corrected chi connectivity index (χ4v) is 1.36. The van der Waals surface area contributed by atoms with E-state index in [1.807, 2.05) is 31.2 Å². The Hall–Kier alpha value is -1.75. The molecular formula is C12H19N3O2. The molecular weight excluding hydrogens is 218 g/mol. The summed E-state index contributed by atoms with van der Waals surface area (Å²) in [6, 6.07) is 7.96. The molecule has 1 unspecified atom stereocenters. The van der Waals surface area contributed by atoms with Gasteiger partial charge in [-0.05, 0) is 17.7 Å². The Morgan fingerprint density at radius 2 is 2.12 bits per heavy atom. The van der Waals surface area contributed by atoms with Crippen LogP contribution >= 0.6 is 0 Å². The largest absolute Gasteiger partial charge is 0.409 e. The Kier molecular flexibility index (Phi) is 5.29. The fourth-order valence-electron chi connectivity index (χ4n) is 1.36. The molecule has 0 saturated heterocycles. The highest BCUT2D eigenvalue weighted by molar-refractivity contribution is 5.82. The molecule has 0 fully saturated rings. The van der Waals surface area contributed by atoms with Gasteiger partial charge >= 0.3 is 0 Å². The van der Waals surface area contributed by atoms with Crippen molar-refractivity contribution in [2.24, 2.45) is 16.8 Å². The molecule has 0 radical (unpaired) electrons. The van der Waals surface area contributed by atoms with E-state index in [0.717, 1.165) is 11.3 Å². The van der Waals surface area contributed by atoms with Crippen LogP contribution in [0.5, 0.6) is 0 Å². The predicted molar refractivity (Wildman–Crippen MR) is 68.2 cm³/mol. The van der Waals surface area contributed by atoms with Crippen molar-refractivity contribution in [2.45, 2.75) is 13.5 Å². The molecule has 0 aliphatic carbocycles. The summed E-state index contributed by atoms with van der Waals surface area (Å²) < 4.78 is 5.03. The summed E-state index contributed by atoms with van der Waals surface area (Å²) in [4.78, 5) is 0. The van der Waals surface area contributed by atoms with Gasteiger partial charge in [-0.1, -0.05) is 24.2 Å². The molecule has 5 nitrogen and oxygen atoms in total. The third kappa shape index (κ3) is 4.32. The van der Waals surface area contributed by atoms with Crippen LogP contribution in [-0.4, -0.2) is 24.7 Å². The number of rotatable bonds is 6. The van der Waals surface area contributed by atoms with Crippen molar-refractivity contribution in [3.05, 3.63) is 29.8 Å². The molecule has 5 heteroatoms. The van der Waals surface area contributed by atoms with Crippen molar-refractivity contribution in [3.8, 4) is 0 Å². The number of anilines is 1. The van der Waals surface area contributed by atoms with E-state index in [-0.39, 0.29) is 11.8 Å². The minimum Gasteiger partial charge on any atom is -0.409 e. The van der Waals surface area contributed by atoms with Crippen LogP contribution in [0.3, 0.4) is 0 Å². The fraction of sp³-hybridized carbons (Fsp3) is 0.417. The van der Waals surface area contributed by atoms with Crippen LogP contribution < -0.4 is 11.1 Å². The first-order chi connectivity index (χ1) is 8.17. The maximum Gasteiger partial charge on any atom is 0.143 e. The highest BCUT2D eigenvalue weighted by atomic mass is 16.5. The van der Waals surface area contributed by atoms with Crippen LogP contribution in [0.25, 0.3) is 0 Å². The number of nitrogens with one attached hydrogen (secondary N) is 1. The van der Waals surface area contributed by atoms with E-state index >= 15 is 0 Å². The first-order valence-corrected chi connectivity index (χ1v) is 5.46. The molecule has 0 spiro atoms. The van der Waals surface area contributed by atoms with Gasteiger partial charge in [-0.25, -0.2) is 0 Å². The summed E-state index contributed by atoms with van der Waals surface area (Å²) in [5.41, 5.74) is 7.62. The number of ether oxygens (including phenoxy) is 1. The second-order valence-corrected chi connectivity index (χ2v) is 3.94. The number of oxime groups is 1. The van der Waals surface area contributed by atoms with Crippen molar-refractivity contribution in [1.29, 1.82) is 0 Å². The Labute approximate surface area is 101 Å². The minimum atomic E-state index is -0.0151. The molecule has 17 heavy (non-hydrogen) atoms. The maximum absolute atomic E-state index is 8.52. The van der Waals surface area contributed by atoms with Gasteiger partial charge < -0.3 is 21.0 Å². The Bertz CT molecular complexity index is 363. The monoisotopic (exact) mass is 237 g/mol. The van der Waals surface area contributed by atoms with Crippen molar-refractivity contribution in [3.63, 3.8) is 0 Å². The number of hydrogen-bond acceptors (Lipinski definition) is 4. The number of amidine groups is 1. The van der Waals surface area contributed by atoms with E-state index in [2.05, 4.69) is 10.5 Å². The number of benzene rings is 1. The normalized spacial score (nSPS) is 13.4. The zero-order chi connectivity index (χ0) is 12.7. The van der Waals surface area contributed by atoms with Gasteiger partial charge in [0.2, 0.25) is 0 Å². The highest BCUT2D eigenvalue weighted by Crippen LogP contribution is 2.11. The van der Waals surface area contributed by atoms with Gasteiger partial charge in [0.1, 0.15) is 5.84 Å². The van der Waals surface area contributed by atoms with E-state index in [1.165, 1.54) is 0 Å². The number of nitrogens with two attached hydrogens (primary N) is 1. The van der Waals surface area contributed by atoms with Gasteiger partial charge in [0.05, 0.1) is 6.61 Å². The quantitative estimate of drug-likeness (QED) is 0.304. The lowest BCUT2D eigenvalue weighted by atomic mass is 10.1. The molecule has 0 aliphatic heterocycles. The lowest BCUT2D eigenvalue weighted by Gasteiger charge is -2.12. The van der Waals surface area contributed by atoms with Crippen LogP contribution in [0.1, 0.15) is 12.5 Å². The summed E-state index contributed by atoms with van der Waals surface area (Å²) in [5, 5.41) is 14.7. The molecule has 4 N–H and O–H groups in total. The van der Waals surface area contributed by atoms with E-state index in [4.69, 9.17) is 15.7 Å². The number of hydrogen-bond donors (Lipinski definition) is 3. The summed E-state index contributed by atoms with van der Waals surface area (Å²) in [5.74, 6) is 0.215. The average molecular weight is 237 g/mol. The molecule has 0 aliphatic rings. The Balaban J connectivity index is 2.47. The molecule has 94 valence electrons. The van der Waals surface area contributed by atoms with E-state index in [1.54, 1.807) is 7.11 Å². The minimum absolute atomic E-state index is 0.0151. The smallest absolute Gasteiger partial charge is 0.143 e. The van der Waals surface area contributed by atoms with E-state index in [0.29, 0.717) is 13.2 Å². The topological polar surface area (TPSA) is 79.9 Å². The first-order valence-electron chi connectivity index (χ1n) is 5.46. The molecule has 0 bridgehead atoms. The molecule has 0 amide bonds. The van der Waals surface area contributed by atoms with Gasteiger partial charge in [-0.2, -0.15) is 0 Å². The lowest BCUT2D eigenvalue weighted by molar-refractivity contribution is 0.185. The molecule has 0 aromatic heterocycles. The second-order valence-electron chi connectivity index (χ2n) is 3.94. The van der Waals surface area contributed by atoms with Crippen LogP contribution in [0.15, 0.2) is 29.4 Å². The lowest BCUT2D eigenvalue weighted by Crippen LogP contribution is -2.27. The van der Waals surface area contributed by atoms with Gasteiger partial charge in [-0.15, -0.1) is 0 Å². The Morgan fingerprint density at radius 1 is 1.47 bits per heavy atom. The maximum atomic E-state index is 8.52. The molecule has 0 heterocycles. The predicted octanol–water partition coefficient (Wildman–Crippen LogP) is 1.63. The van der Waals surface area contributed by atoms with Crippen LogP contribution in [0.4, 0.5) is 5.69 Å². The van der Waals surface area contributed by atoms with Crippen LogP contribution in [-0.2, 0) is 11.3 Å². The standard InChI is InChI=1S/C12H19N3O2/c1-9(12(13)15-16)7-14-11-5-3-10(4-6-11)8-17-2/h3-6,9,14,16H,7-8H2,1-2H3,(H2,13,15). The summed E-state index contributed by atoms with van der Waals surface area (Å²) in [7, 11) is 1.67. The van der Waals surface area contributed by atoms with Crippen LogP contribution in [0, 0.1) is 5.92 Å². The average Bonchev–Trinajstić information content (AvgIpc) is 2.37. The van der Waals surface area contributed by atoms with E-state index in [9.17, 15) is 0 Å². The second kappa shape index (κ2) is 6.75. The van der Waals surface area contributed by atoms with Gasteiger partial charge in [0.15, 0.2) is 0 Å². The third-order valence-electron chi connectivity index (χ3n) is 2.50. The summed E-state index contributed by atoms with van der Waals surface area (Å²) in [6.45, 7) is 3.13. The van der Waals surface area contributed by atoms with Crippen LogP contribution in [0.2, 0.25) is 0 Å². The number of nitrogens with zero attached hydrogens (tertiary/aromatic N) is 1. The molecule has 1 aromatic carbocycles. The molecule has 0 saturated carbocycles. The van der Waals surface area contributed by atoms with Crippen molar-refractivity contribution in [2.75, 3.05) is 19.0 Å². The van der Waals surface area contributed by atoms with E-state index < -0.39 is 0 Å².